The first-order valence-corrected chi connectivity index (χ1v) is 42.3. The summed E-state index contributed by atoms with van der Waals surface area (Å²) in [4.78, 5) is 13.4. The summed E-state index contributed by atoms with van der Waals surface area (Å²) in [7, 11) is 0. The van der Waals surface area contributed by atoms with E-state index < -0.39 is 86.8 Å². The van der Waals surface area contributed by atoms with Crippen LogP contribution in [0.25, 0.3) is 0 Å². The number of aliphatic hydroxyl groups is 8. The van der Waals surface area contributed by atoms with Gasteiger partial charge in [0.15, 0.2) is 12.6 Å². The second-order valence-corrected chi connectivity index (χ2v) is 29.6. The lowest BCUT2D eigenvalue weighted by atomic mass is 9.97. The van der Waals surface area contributed by atoms with Gasteiger partial charge in [0.1, 0.15) is 48.8 Å². The number of nitrogens with one attached hydrogen (secondary N) is 1. The Labute approximate surface area is 618 Å². The molecule has 0 aromatic rings. The number of allylic oxidation sites excluding steroid dienone is 14. The molecule has 101 heavy (non-hydrogen) atoms. The summed E-state index contributed by atoms with van der Waals surface area (Å²) in [5, 5.41) is 88.0. The summed E-state index contributed by atoms with van der Waals surface area (Å²) >= 11 is 0. The van der Waals surface area contributed by atoms with E-state index in [-0.39, 0.29) is 12.5 Å². The first-order chi connectivity index (χ1) is 49.6. The molecule has 0 radical (unpaired) electrons. The van der Waals surface area contributed by atoms with Crippen LogP contribution in [-0.4, -0.2) is 140 Å². The molecule has 0 saturated carbocycles. The van der Waals surface area contributed by atoms with Gasteiger partial charge in [0, 0.05) is 6.42 Å². The fourth-order valence-electron chi connectivity index (χ4n) is 13.8. The minimum atomic E-state index is -1.79. The summed E-state index contributed by atoms with van der Waals surface area (Å²) < 4.78 is 23.0. The van der Waals surface area contributed by atoms with Crippen molar-refractivity contribution in [3.63, 3.8) is 0 Å². The van der Waals surface area contributed by atoms with Gasteiger partial charge in [-0.1, -0.05) is 375 Å². The highest BCUT2D eigenvalue weighted by atomic mass is 16.7. The zero-order chi connectivity index (χ0) is 73.0. The largest absolute Gasteiger partial charge is 0.394 e. The molecule has 2 saturated heterocycles. The molecular formula is C87H157NO13. The number of hydrogen-bond acceptors (Lipinski definition) is 13. The fourth-order valence-corrected chi connectivity index (χ4v) is 13.8. The van der Waals surface area contributed by atoms with E-state index in [9.17, 15) is 45.6 Å². The number of aliphatic hydroxyl groups excluding tert-OH is 8. The van der Waals surface area contributed by atoms with Crippen molar-refractivity contribution in [2.24, 2.45) is 0 Å². The number of carbonyl (C=O) groups is 1. The average molecular weight is 1430 g/mol. The van der Waals surface area contributed by atoms with Crippen molar-refractivity contribution in [2.75, 3.05) is 19.8 Å². The molecule has 0 bridgehead atoms. The number of unbranched alkanes of at least 4 members (excludes halogenated alkanes) is 44. The van der Waals surface area contributed by atoms with Gasteiger partial charge in [0.05, 0.1) is 32.0 Å². The molecule has 0 aromatic heterocycles. The van der Waals surface area contributed by atoms with E-state index in [0.717, 1.165) is 103 Å². The van der Waals surface area contributed by atoms with E-state index in [2.05, 4.69) is 104 Å². The number of rotatable bonds is 71. The van der Waals surface area contributed by atoms with Crippen LogP contribution in [-0.2, 0) is 23.7 Å². The van der Waals surface area contributed by atoms with Crippen molar-refractivity contribution in [2.45, 2.75) is 441 Å². The maximum Gasteiger partial charge on any atom is 0.220 e. The van der Waals surface area contributed by atoms with Crippen LogP contribution in [0.5, 0.6) is 0 Å². The topological polar surface area (TPSA) is 228 Å². The quantitative estimate of drug-likeness (QED) is 0.0204. The Morgan fingerprint density at radius 2 is 0.683 bits per heavy atom. The number of amides is 1. The summed E-state index contributed by atoms with van der Waals surface area (Å²) in [6.45, 7) is 2.80. The van der Waals surface area contributed by atoms with Crippen molar-refractivity contribution < 1.29 is 64.6 Å². The van der Waals surface area contributed by atoms with Gasteiger partial charge in [0.25, 0.3) is 0 Å². The SMILES string of the molecule is CC/C=C\C/C=C\C/C=C\C/C=C\C/C=C\C/C=C\C/C=C\CCCCCCCCCCCCCCCC(=O)NC(COC1OC(CO)C(OC2OC(CO)C(O)C(O)C2O)C(O)C1O)C(O)CCCCCCCCCCCCCCCCCCCCCCCCCCCCCCCCCC. The first-order valence-electron chi connectivity index (χ1n) is 42.3. The predicted octanol–water partition coefficient (Wildman–Crippen LogP) is 19.9. The van der Waals surface area contributed by atoms with Gasteiger partial charge in [-0.25, -0.2) is 0 Å². The molecule has 2 aliphatic rings. The summed E-state index contributed by atoms with van der Waals surface area (Å²) in [5.74, 6) is -0.205. The van der Waals surface area contributed by atoms with Crippen LogP contribution in [0.1, 0.15) is 367 Å². The van der Waals surface area contributed by atoms with Crippen LogP contribution in [0.3, 0.4) is 0 Å². The van der Waals surface area contributed by atoms with Crippen LogP contribution >= 0.6 is 0 Å². The Hall–Kier alpha value is -2.83. The van der Waals surface area contributed by atoms with Crippen molar-refractivity contribution >= 4 is 5.91 Å². The molecule has 9 N–H and O–H groups in total. The molecule has 14 nitrogen and oxygen atoms in total. The summed E-state index contributed by atoms with van der Waals surface area (Å²) in [6.07, 6.45) is 82.0. The highest BCUT2D eigenvalue weighted by molar-refractivity contribution is 5.76. The second kappa shape index (κ2) is 70.2. The molecule has 0 aliphatic carbocycles. The van der Waals surface area contributed by atoms with Crippen LogP contribution in [0.4, 0.5) is 0 Å². The molecule has 2 rings (SSSR count). The minimum absolute atomic E-state index is 0.205. The molecule has 14 heteroatoms. The third-order valence-corrected chi connectivity index (χ3v) is 20.4. The molecular weight excluding hydrogens is 1270 g/mol. The minimum Gasteiger partial charge on any atom is -0.394 e. The zero-order valence-corrected chi connectivity index (χ0v) is 64.6. The van der Waals surface area contributed by atoms with E-state index in [0.29, 0.717) is 12.8 Å². The molecule has 588 valence electrons. The molecule has 0 spiro atoms. The molecule has 12 atom stereocenters. The lowest BCUT2D eigenvalue weighted by Gasteiger charge is -2.46. The van der Waals surface area contributed by atoms with Crippen molar-refractivity contribution in [3.8, 4) is 0 Å². The summed E-state index contributed by atoms with van der Waals surface area (Å²) in [5.41, 5.74) is 0. The fraction of sp³-hybridized carbons (Fsp3) is 0.828. The standard InChI is InChI=1S/C87H157NO13/c1-3-5-7-9-11-13-15-17-19-21-23-25-27-29-31-33-35-37-38-39-41-43-45-47-49-51-53-55-57-59-61-63-65-67-69-71-79(92)88-75(74-98-86-84(97)82(95)85(78(73-90)100-86)101-87-83(96)81(94)80(93)77(72-89)99-87)76(91)70-68-66-64-62-60-58-56-54-52-50-48-46-44-42-40-36-34-32-30-28-26-24-22-20-18-16-14-12-10-8-6-4-2/h5,7,11,13,17,19,23,25,29,31,35,37,39,41,75-78,80-87,89-91,93-97H,3-4,6,8-10,12,14-16,18,20-22,24,26-28,30,32-34,36,38,40,42-74H2,1-2H3,(H,88,92)/b7-5-,13-11-,19-17-,25-23-,31-29-,37-35-,41-39-. The van der Waals surface area contributed by atoms with Crippen molar-refractivity contribution in [3.05, 3.63) is 85.1 Å². The van der Waals surface area contributed by atoms with Gasteiger partial charge in [-0.3, -0.25) is 4.79 Å². The highest BCUT2D eigenvalue weighted by Crippen LogP contribution is 2.30. The third kappa shape index (κ3) is 52.7. The lowest BCUT2D eigenvalue weighted by molar-refractivity contribution is -0.359. The Bertz CT molecular complexity index is 2020. The maximum atomic E-state index is 13.4. The van der Waals surface area contributed by atoms with E-state index in [1.54, 1.807) is 0 Å². The monoisotopic (exact) mass is 1420 g/mol. The van der Waals surface area contributed by atoms with Crippen molar-refractivity contribution in [1.82, 2.24) is 5.32 Å². The number of hydrogen-bond donors (Lipinski definition) is 9. The van der Waals surface area contributed by atoms with E-state index in [1.165, 1.54) is 238 Å². The molecule has 2 fully saturated rings. The van der Waals surface area contributed by atoms with Gasteiger partial charge >= 0.3 is 0 Å². The van der Waals surface area contributed by atoms with E-state index in [4.69, 9.17) is 18.9 Å². The third-order valence-electron chi connectivity index (χ3n) is 20.4. The molecule has 1 amide bonds. The van der Waals surface area contributed by atoms with Crippen LogP contribution in [0.2, 0.25) is 0 Å². The number of ether oxygens (including phenoxy) is 4. The normalized spacial score (nSPS) is 22.2. The average Bonchev–Trinajstić information content (AvgIpc) is 0.791. The Morgan fingerprint density at radius 3 is 1.05 bits per heavy atom. The van der Waals surface area contributed by atoms with Crippen LogP contribution in [0.15, 0.2) is 85.1 Å². The maximum absolute atomic E-state index is 13.4. The Kier molecular flexibility index (Phi) is 65.5. The summed E-state index contributed by atoms with van der Waals surface area (Å²) in [6, 6.07) is -0.836. The van der Waals surface area contributed by atoms with Gasteiger partial charge < -0.3 is 65.1 Å². The smallest absolute Gasteiger partial charge is 0.220 e. The molecule has 2 aliphatic heterocycles. The molecule has 0 aromatic carbocycles. The van der Waals surface area contributed by atoms with Crippen molar-refractivity contribution in [1.29, 1.82) is 0 Å². The zero-order valence-electron chi connectivity index (χ0n) is 64.6. The number of carbonyl (C=O) groups excluding carboxylic acids is 1. The van der Waals surface area contributed by atoms with Gasteiger partial charge in [-0.2, -0.15) is 0 Å². The van der Waals surface area contributed by atoms with E-state index in [1.807, 2.05) is 0 Å². The predicted molar refractivity (Wildman–Crippen MR) is 420 cm³/mol. The van der Waals surface area contributed by atoms with Gasteiger partial charge in [-0.15, -0.1) is 0 Å². The van der Waals surface area contributed by atoms with Crippen LogP contribution in [0, 0.1) is 0 Å². The highest BCUT2D eigenvalue weighted by Gasteiger charge is 2.51. The molecule has 2 heterocycles. The lowest BCUT2D eigenvalue weighted by Crippen LogP contribution is -2.65. The van der Waals surface area contributed by atoms with E-state index >= 15 is 0 Å². The van der Waals surface area contributed by atoms with Gasteiger partial charge in [-0.05, 0) is 70.6 Å². The second-order valence-electron chi connectivity index (χ2n) is 29.6. The van der Waals surface area contributed by atoms with Crippen LogP contribution < -0.4 is 5.32 Å². The first kappa shape index (κ1) is 94.3. The van der Waals surface area contributed by atoms with Gasteiger partial charge in [0.2, 0.25) is 5.91 Å². The Morgan fingerprint density at radius 1 is 0.366 bits per heavy atom. The molecule has 12 unspecified atom stereocenters. The Balaban J connectivity index is 1.59.